The van der Waals surface area contributed by atoms with Gasteiger partial charge in [-0.05, 0) is 36.2 Å². The van der Waals surface area contributed by atoms with Gasteiger partial charge in [0.15, 0.2) is 0 Å². The number of ether oxygens (including phenoxy) is 1. The molecule has 0 aromatic heterocycles. The molecule has 2 rings (SSSR count). The van der Waals surface area contributed by atoms with E-state index in [4.69, 9.17) is 4.74 Å². The fourth-order valence-corrected chi connectivity index (χ4v) is 3.42. The van der Waals surface area contributed by atoms with E-state index in [0.29, 0.717) is 12.2 Å². The highest BCUT2D eigenvalue weighted by Gasteiger charge is 2.23. The molecule has 2 aromatic rings. The first-order valence-electron chi connectivity index (χ1n) is 8.40. The Morgan fingerprint density at radius 1 is 1.20 bits per heavy atom. The van der Waals surface area contributed by atoms with Gasteiger partial charge < -0.3 is 9.29 Å². The lowest BCUT2D eigenvalue weighted by Gasteiger charge is -2.18. The zero-order valence-corrected chi connectivity index (χ0v) is 15.4. The molecule has 0 saturated carbocycles. The molecule has 2 unspecified atom stereocenters. The Kier molecular flexibility index (Phi) is 7.47. The summed E-state index contributed by atoms with van der Waals surface area (Å²) in [7, 11) is 0. The van der Waals surface area contributed by atoms with Crippen molar-refractivity contribution in [3.05, 3.63) is 59.9 Å². The van der Waals surface area contributed by atoms with Crippen LogP contribution in [0.2, 0.25) is 0 Å². The number of carbonyl (C=O) groups is 1. The third-order valence-electron chi connectivity index (χ3n) is 3.98. The Hall–Kier alpha value is -1.85. The van der Waals surface area contributed by atoms with E-state index in [-0.39, 0.29) is 16.8 Å². The lowest BCUT2D eigenvalue weighted by atomic mass is 10.0. The van der Waals surface area contributed by atoms with E-state index < -0.39 is 17.1 Å². The summed E-state index contributed by atoms with van der Waals surface area (Å²) in [6.45, 7) is 4.20. The van der Waals surface area contributed by atoms with Crippen LogP contribution in [0.25, 0.3) is 11.1 Å². The lowest BCUT2D eigenvalue weighted by Crippen LogP contribution is -2.23. The second-order valence-electron chi connectivity index (χ2n) is 5.84. The van der Waals surface area contributed by atoms with Crippen molar-refractivity contribution >= 4 is 17.1 Å². The highest BCUT2D eigenvalue weighted by atomic mass is 32.2. The van der Waals surface area contributed by atoms with E-state index in [1.165, 1.54) is 6.07 Å². The van der Waals surface area contributed by atoms with Crippen LogP contribution in [0.1, 0.15) is 37.5 Å². The van der Waals surface area contributed by atoms with Gasteiger partial charge in [-0.2, -0.15) is 0 Å². The van der Waals surface area contributed by atoms with Crippen molar-refractivity contribution in [3.63, 3.8) is 0 Å². The van der Waals surface area contributed by atoms with Crippen LogP contribution >= 0.6 is 0 Å². The van der Waals surface area contributed by atoms with Crippen LogP contribution in [0.5, 0.6) is 0 Å². The molecule has 2 aromatic carbocycles. The van der Waals surface area contributed by atoms with E-state index in [2.05, 4.69) is 0 Å². The largest absolute Gasteiger partial charge is 0.615 e. The van der Waals surface area contributed by atoms with E-state index in [0.717, 1.165) is 24.0 Å². The summed E-state index contributed by atoms with van der Waals surface area (Å²) in [4.78, 5) is 11.7. The number of benzene rings is 2. The smallest absolute Gasteiger partial charge is 0.356 e. The molecule has 0 fully saturated rings. The minimum atomic E-state index is -1.36. The van der Waals surface area contributed by atoms with Crippen molar-refractivity contribution in [2.45, 2.75) is 31.9 Å². The van der Waals surface area contributed by atoms with E-state index >= 15 is 0 Å². The topological polar surface area (TPSA) is 49.4 Å². The van der Waals surface area contributed by atoms with Crippen LogP contribution in [0.4, 0.5) is 4.39 Å². The lowest BCUT2D eigenvalue weighted by molar-refractivity contribution is -0.140. The van der Waals surface area contributed by atoms with Crippen LogP contribution in [-0.4, -0.2) is 22.9 Å². The van der Waals surface area contributed by atoms with Gasteiger partial charge in [-0.25, -0.2) is 9.18 Å². The van der Waals surface area contributed by atoms with Crippen LogP contribution < -0.4 is 0 Å². The van der Waals surface area contributed by atoms with Gasteiger partial charge in [0.1, 0.15) is 11.1 Å². The number of carbonyl (C=O) groups excluding carboxylic acids is 1. The van der Waals surface area contributed by atoms with Gasteiger partial charge in [0.05, 0.1) is 6.61 Å². The van der Waals surface area contributed by atoms with Gasteiger partial charge in [-0.3, -0.25) is 0 Å². The molecule has 3 nitrogen and oxygen atoms in total. The average Bonchev–Trinajstić information content (AvgIpc) is 2.62. The average molecular weight is 362 g/mol. The van der Waals surface area contributed by atoms with Gasteiger partial charge in [0, 0.05) is 11.1 Å². The molecule has 5 heteroatoms. The standard InChI is InChI=1S/C20H23FO3S/c1-3-4-13-24-20(22)14-25(23)15(2)16-9-11-17(12-10-16)18-7-5-6-8-19(18)21/h5-12,15H,3-4,13-14H2,1-2H3. The summed E-state index contributed by atoms with van der Waals surface area (Å²) >= 11 is -1.36. The monoisotopic (exact) mass is 362 g/mol. The van der Waals surface area contributed by atoms with Crippen molar-refractivity contribution in [2.75, 3.05) is 12.4 Å². The molecular weight excluding hydrogens is 339 g/mol. The van der Waals surface area contributed by atoms with E-state index in [1.807, 2.05) is 26.0 Å². The fourth-order valence-electron chi connectivity index (χ4n) is 2.39. The summed E-state index contributed by atoms with van der Waals surface area (Å²) in [6.07, 6.45) is 1.76. The molecule has 0 aliphatic carbocycles. The minimum absolute atomic E-state index is 0.111. The first-order valence-corrected chi connectivity index (χ1v) is 9.78. The Balaban J connectivity index is 1.99. The first kappa shape index (κ1) is 19.5. The third-order valence-corrected chi connectivity index (χ3v) is 5.56. The maximum atomic E-state index is 13.8. The van der Waals surface area contributed by atoms with Crippen LogP contribution in [-0.2, 0) is 20.7 Å². The fraction of sp³-hybridized carbons (Fsp3) is 0.350. The van der Waals surface area contributed by atoms with Gasteiger partial charge in [-0.15, -0.1) is 0 Å². The zero-order chi connectivity index (χ0) is 18.2. The van der Waals surface area contributed by atoms with Gasteiger partial charge >= 0.3 is 5.97 Å². The molecule has 0 radical (unpaired) electrons. The third kappa shape index (κ3) is 5.58. The molecule has 134 valence electrons. The molecule has 0 bridgehead atoms. The van der Waals surface area contributed by atoms with Gasteiger partial charge in [-0.1, -0.05) is 55.8 Å². The first-order chi connectivity index (χ1) is 12.0. The van der Waals surface area contributed by atoms with E-state index in [1.54, 1.807) is 30.3 Å². The molecule has 25 heavy (non-hydrogen) atoms. The quantitative estimate of drug-likeness (QED) is 0.390. The van der Waals surface area contributed by atoms with Gasteiger partial charge in [0.2, 0.25) is 5.75 Å². The Morgan fingerprint density at radius 2 is 1.88 bits per heavy atom. The van der Waals surface area contributed by atoms with Gasteiger partial charge in [0.25, 0.3) is 0 Å². The Bertz CT molecular complexity index is 688. The molecule has 0 heterocycles. The molecule has 0 saturated heterocycles. The summed E-state index contributed by atoms with van der Waals surface area (Å²) in [5, 5.41) is -0.298. The number of esters is 1. The summed E-state index contributed by atoms with van der Waals surface area (Å²) in [6, 6.07) is 13.8. The number of unbranched alkanes of at least 4 members (excludes halogenated alkanes) is 1. The van der Waals surface area contributed by atoms with Crippen LogP contribution in [0.15, 0.2) is 48.5 Å². The van der Waals surface area contributed by atoms with Crippen LogP contribution in [0.3, 0.4) is 0 Å². The Labute approximate surface area is 151 Å². The molecule has 0 aliphatic rings. The molecule has 0 amide bonds. The minimum Gasteiger partial charge on any atom is -0.615 e. The van der Waals surface area contributed by atoms with E-state index in [9.17, 15) is 13.7 Å². The maximum Gasteiger partial charge on any atom is 0.356 e. The Morgan fingerprint density at radius 3 is 2.52 bits per heavy atom. The van der Waals surface area contributed by atoms with Crippen molar-refractivity contribution in [1.82, 2.24) is 0 Å². The van der Waals surface area contributed by atoms with Crippen molar-refractivity contribution in [1.29, 1.82) is 0 Å². The number of hydrogen-bond donors (Lipinski definition) is 0. The zero-order valence-electron chi connectivity index (χ0n) is 14.5. The predicted octanol–water partition coefficient (Wildman–Crippen LogP) is 4.65. The van der Waals surface area contributed by atoms with Crippen molar-refractivity contribution in [3.8, 4) is 11.1 Å². The molecule has 2 atom stereocenters. The second-order valence-corrected chi connectivity index (χ2v) is 7.60. The summed E-state index contributed by atoms with van der Waals surface area (Å²) in [5.41, 5.74) is 2.14. The molecule has 0 N–H and O–H groups in total. The second kappa shape index (κ2) is 9.59. The highest BCUT2D eigenvalue weighted by Crippen LogP contribution is 2.27. The molecule has 0 aliphatic heterocycles. The SMILES string of the molecule is CCCCOC(=O)C[S+]([O-])C(C)c1ccc(-c2ccccc2F)cc1. The molecular formula is C20H23FO3S. The van der Waals surface area contributed by atoms with Crippen molar-refractivity contribution < 1.29 is 18.5 Å². The van der Waals surface area contributed by atoms with Crippen molar-refractivity contribution in [2.24, 2.45) is 0 Å². The number of halogens is 1. The molecule has 0 spiro atoms. The predicted molar refractivity (Wildman–Crippen MR) is 99.1 cm³/mol. The summed E-state index contributed by atoms with van der Waals surface area (Å²) < 4.78 is 31.2. The summed E-state index contributed by atoms with van der Waals surface area (Å²) in [5.74, 6) is -0.816. The number of hydrogen-bond acceptors (Lipinski definition) is 3. The highest BCUT2D eigenvalue weighted by molar-refractivity contribution is 7.92. The van der Waals surface area contributed by atoms with Crippen LogP contribution in [0, 0.1) is 5.82 Å². The number of rotatable bonds is 8. The maximum absolute atomic E-state index is 13.8. The normalized spacial score (nSPS) is 13.3.